The van der Waals surface area contributed by atoms with E-state index in [1.165, 1.54) is 6.92 Å². The fourth-order valence-electron chi connectivity index (χ4n) is 2.66. The van der Waals surface area contributed by atoms with Crippen LogP contribution in [-0.2, 0) is 14.6 Å². The van der Waals surface area contributed by atoms with Crippen LogP contribution in [0.15, 0.2) is 42.5 Å². The number of carbonyl (C=O) groups excluding carboxylic acids is 1. The molecule has 0 fully saturated rings. The summed E-state index contributed by atoms with van der Waals surface area (Å²) in [6.45, 7) is 6.96. The third kappa shape index (κ3) is 3.24. The van der Waals surface area contributed by atoms with Crippen molar-refractivity contribution in [3.05, 3.63) is 42.5 Å². The number of sulfone groups is 1. The predicted octanol–water partition coefficient (Wildman–Crippen LogP) is 3.40. The minimum Gasteiger partial charge on any atom is -0.311 e. The molecule has 1 atom stereocenters. The van der Waals surface area contributed by atoms with E-state index in [4.69, 9.17) is 0 Å². The molecule has 0 saturated carbocycles. The van der Waals surface area contributed by atoms with Gasteiger partial charge in [0.1, 0.15) is 5.25 Å². The van der Waals surface area contributed by atoms with E-state index in [0.29, 0.717) is 6.54 Å². The number of fused-ring (bicyclic) bond motifs is 1. The maximum Gasteiger partial charge on any atom is 0.245 e. The second kappa shape index (κ2) is 6.71. The van der Waals surface area contributed by atoms with E-state index in [9.17, 15) is 13.2 Å². The first-order valence-corrected chi connectivity index (χ1v) is 9.43. The van der Waals surface area contributed by atoms with Crippen LogP contribution >= 0.6 is 0 Å². The van der Waals surface area contributed by atoms with Gasteiger partial charge in [-0.15, -0.1) is 0 Å². The molecular formula is C18H23NO3S. The van der Waals surface area contributed by atoms with Gasteiger partial charge >= 0.3 is 0 Å². The molecular weight excluding hydrogens is 310 g/mol. The average Bonchev–Trinajstić information content (AvgIpc) is 2.54. The van der Waals surface area contributed by atoms with E-state index in [2.05, 4.69) is 0 Å². The lowest BCUT2D eigenvalue weighted by molar-refractivity contribution is -0.117. The first kappa shape index (κ1) is 17.5. The highest BCUT2D eigenvalue weighted by molar-refractivity contribution is 7.93. The SMILES string of the molecule is CCN(C(=O)C(C)S(=O)(=O)C(C)C)c1cccc2ccccc12. The molecule has 1 amide bonds. The first-order chi connectivity index (χ1) is 10.8. The van der Waals surface area contributed by atoms with Crippen LogP contribution in [0.4, 0.5) is 5.69 Å². The molecule has 0 heterocycles. The van der Waals surface area contributed by atoms with E-state index in [0.717, 1.165) is 16.5 Å². The summed E-state index contributed by atoms with van der Waals surface area (Å²) < 4.78 is 24.7. The van der Waals surface area contributed by atoms with Gasteiger partial charge in [0.05, 0.1) is 10.9 Å². The lowest BCUT2D eigenvalue weighted by Crippen LogP contribution is -2.43. The lowest BCUT2D eigenvalue weighted by Gasteiger charge is -2.26. The van der Waals surface area contributed by atoms with E-state index in [-0.39, 0.29) is 5.91 Å². The minimum absolute atomic E-state index is 0.377. The van der Waals surface area contributed by atoms with Gasteiger partial charge < -0.3 is 4.90 Å². The van der Waals surface area contributed by atoms with Crippen molar-refractivity contribution >= 4 is 32.2 Å². The second-order valence-electron chi connectivity index (χ2n) is 5.86. The fraction of sp³-hybridized carbons (Fsp3) is 0.389. The third-order valence-electron chi connectivity index (χ3n) is 4.14. The molecule has 2 aromatic rings. The van der Waals surface area contributed by atoms with Crippen molar-refractivity contribution < 1.29 is 13.2 Å². The second-order valence-corrected chi connectivity index (χ2v) is 8.69. The highest BCUT2D eigenvalue weighted by Crippen LogP contribution is 2.28. The van der Waals surface area contributed by atoms with Crippen LogP contribution in [0, 0.1) is 0 Å². The molecule has 0 radical (unpaired) electrons. The largest absolute Gasteiger partial charge is 0.311 e. The van der Waals surface area contributed by atoms with Crippen LogP contribution in [0.25, 0.3) is 10.8 Å². The zero-order valence-electron chi connectivity index (χ0n) is 14.0. The quantitative estimate of drug-likeness (QED) is 0.842. The summed E-state index contributed by atoms with van der Waals surface area (Å²) in [5.41, 5.74) is 0.751. The van der Waals surface area contributed by atoms with Crippen molar-refractivity contribution in [3.63, 3.8) is 0 Å². The number of anilines is 1. The van der Waals surface area contributed by atoms with Gasteiger partial charge in [0, 0.05) is 11.9 Å². The summed E-state index contributed by atoms with van der Waals surface area (Å²) in [6, 6.07) is 13.5. The normalized spacial score (nSPS) is 13.3. The zero-order chi connectivity index (χ0) is 17.2. The predicted molar refractivity (Wildman–Crippen MR) is 95.5 cm³/mol. The Morgan fingerprint density at radius 2 is 1.65 bits per heavy atom. The molecule has 23 heavy (non-hydrogen) atoms. The van der Waals surface area contributed by atoms with Gasteiger partial charge in [-0.05, 0) is 39.1 Å². The Hall–Kier alpha value is -1.88. The van der Waals surface area contributed by atoms with Gasteiger partial charge in [-0.2, -0.15) is 0 Å². The zero-order valence-corrected chi connectivity index (χ0v) is 14.8. The highest BCUT2D eigenvalue weighted by atomic mass is 32.2. The Morgan fingerprint density at radius 3 is 2.26 bits per heavy atom. The maximum absolute atomic E-state index is 12.8. The van der Waals surface area contributed by atoms with Gasteiger partial charge in [0.2, 0.25) is 5.91 Å². The molecule has 0 aliphatic carbocycles. The number of rotatable bonds is 5. The van der Waals surface area contributed by atoms with Crippen molar-refractivity contribution in [2.45, 2.75) is 38.2 Å². The molecule has 0 saturated heterocycles. The summed E-state index contributed by atoms with van der Waals surface area (Å²) in [6.07, 6.45) is 0. The van der Waals surface area contributed by atoms with Crippen LogP contribution in [0.3, 0.4) is 0 Å². The summed E-state index contributed by atoms with van der Waals surface area (Å²) in [5.74, 6) is -0.377. The van der Waals surface area contributed by atoms with Gasteiger partial charge in [0.15, 0.2) is 9.84 Å². The molecule has 0 aliphatic heterocycles. The fourth-order valence-corrected chi connectivity index (χ4v) is 3.88. The number of hydrogen-bond acceptors (Lipinski definition) is 3. The van der Waals surface area contributed by atoms with Crippen LogP contribution in [0.5, 0.6) is 0 Å². The molecule has 0 N–H and O–H groups in total. The summed E-state index contributed by atoms with van der Waals surface area (Å²) in [5, 5.41) is 0.337. The lowest BCUT2D eigenvalue weighted by atomic mass is 10.1. The maximum atomic E-state index is 12.8. The first-order valence-electron chi connectivity index (χ1n) is 7.82. The Balaban J connectivity index is 2.49. The minimum atomic E-state index is -3.48. The van der Waals surface area contributed by atoms with E-state index < -0.39 is 20.3 Å². The van der Waals surface area contributed by atoms with Crippen molar-refractivity contribution in [2.75, 3.05) is 11.4 Å². The van der Waals surface area contributed by atoms with Crippen molar-refractivity contribution in [1.29, 1.82) is 0 Å². The molecule has 4 nitrogen and oxygen atoms in total. The molecule has 2 aromatic carbocycles. The molecule has 1 unspecified atom stereocenters. The molecule has 5 heteroatoms. The highest BCUT2D eigenvalue weighted by Gasteiger charge is 2.34. The van der Waals surface area contributed by atoms with E-state index in [1.54, 1.807) is 18.7 Å². The molecule has 0 aliphatic rings. The van der Waals surface area contributed by atoms with Crippen molar-refractivity contribution in [2.24, 2.45) is 0 Å². The molecule has 0 bridgehead atoms. The average molecular weight is 333 g/mol. The van der Waals surface area contributed by atoms with E-state index >= 15 is 0 Å². The van der Waals surface area contributed by atoms with Crippen LogP contribution < -0.4 is 4.90 Å². The van der Waals surface area contributed by atoms with Gasteiger partial charge in [-0.25, -0.2) is 8.42 Å². The van der Waals surface area contributed by atoms with Gasteiger partial charge in [-0.3, -0.25) is 4.79 Å². The van der Waals surface area contributed by atoms with Crippen LogP contribution in [0.2, 0.25) is 0 Å². The number of hydrogen-bond donors (Lipinski definition) is 0. The monoisotopic (exact) mass is 333 g/mol. The standard InChI is InChI=1S/C18H23NO3S/c1-5-19(18(20)14(4)23(21,22)13(2)3)17-12-8-10-15-9-6-7-11-16(15)17/h6-14H,5H2,1-4H3. The van der Waals surface area contributed by atoms with Gasteiger partial charge in [0.25, 0.3) is 0 Å². The number of amides is 1. The summed E-state index contributed by atoms with van der Waals surface area (Å²) in [7, 11) is -3.48. The van der Waals surface area contributed by atoms with Gasteiger partial charge in [-0.1, -0.05) is 36.4 Å². The van der Waals surface area contributed by atoms with Crippen molar-refractivity contribution in [3.8, 4) is 0 Å². The smallest absolute Gasteiger partial charge is 0.245 e. The molecule has 0 aromatic heterocycles. The number of carbonyl (C=O) groups is 1. The molecule has 124 valence electrons. The summed E-state index contributed by atoms with van der Waals surface area (Å²) in [4.78, 5) is 14.4. The Kier molecular flexibility index (Phi) is 5.09. The topological polar surface area (TPSA) is 54.5 Å². The van der Waals surface area contributed by atoms with E-state index in [1.807, 2.05) is 49.4 Å². The van der Waals surface area contributed by atoms with Crippen LogP contribution in [0.1, 0.15) is 27.7 Å². The summed E-state index contributed by atoms with van der Waals surface area (Å²) >= 11 is 0. The molecule has 0 spiro atoms. The third-order valence-corrected chi connectivity index (χ3v) is 6.64. The molecule has 2 rings (SSSR count). The number of benzene rings is 2. The van der Waals surface area contributed by atoms with Crippen molar-refractivity contribution in [1.82, 2.24) is 0 Å². The Bertz CT molecular complexity index is 807. The number of nitrogens with zero attached hydrogens (tertiary/aromatic N) is 1. The Morgan fingerprint density at radius 1 is 1.04 bits per heavy atom. The van der Waals surface area contributed by atoms with Crippen LogP contribution in [-0.4, -0.2) is 31.4 Å². The Labute approximate surface area is 138 Å².